The molecule has 2 fully saturated rings. The molecule has 1 amide bonds. The van der Waals surface area contributed by atoms with Crippen molar-refractivity contribution in [2.24, 2.45) is 25.9 Å². The van der Waals surface area contributed by atoms with Gasteiger partial charge in [0.25, 0.3) is 5.91 Å². The molecule has 19 aromatic rings. The van der Waals surface area contributed by atoms with Crippen LogP contribution < -0.4 is 32.3 Å². The zero-order chi connectivity index (χ0) is 107. The van der Waals surface area contributed by atoms with Crippen LogP contribution in [0, 0.1) is 60.3 Å². The number of nitrogens with zero attached hydrogens (tertiary/aromatic N) is 9. The fourth-order valence-corrected chi connectivity index (χ4v) is 19.9. The molecule has 5 aromatic heterocycles. The summed E-state index contributed by atoms with van der Waals surface area (Å²) in [6, 6.07) is 81.1. The molecule has 0 radical (unpaired) electrons. The van der Waals surface area contributed by atoms with Crippen molar-refractivity contribution in [3.63, 3.8) is 0 Å². The van der Waals surface area contributed by atoms with Crippen LogP contribution in [0.1, 0.15) is 92.3 Å². The number of aromatic amines is 3. The Morgan fingerprint density at radius 3 is 1.08 bits per heavy atom. The number of nitrogens with one attached hydrogen (secondary N) is 4. The molecule has 0 atom stereocenters. The van der Waals surface area contributed by atoms with Crippen molar-refractivity contribution in [3.05, 3.63) is 362 Å². The minimum Gasteiger partial charge on any atom is -0.481 e. The summed E-state index contributed by atoms with van der Waals surface area (Å²) < 4.78 is 13.8. The van der Waals surface area contributed by atoms with Crippen LogP contribution >= 0.6 is 161 Å². The molecule has 21 rings (SSSR count). The number of aryl methyl sites for hydroxylation is 9. The third-order valence-electron chi connectivity index (χ3n) is 24.6. The Labute approximate surface area is 939 Å². The van der Waals surface area contributed by atoms with Crippen molar-refractivity contribution in [2.75, 3.05) is 65.1 Å². The number of benzene rings is 14. The van der Waals surface area contributed by atoms with Crippen LogP contribution in [0.3, 0.4) is 0 Å². The number of H-pyrrole nitrogens is 3. The highest BCUT2D eigenvalue weighted by atomic mass is 79.9. The quantitative estimate of drug-likeness (QED) is 0.0382. The summed E-state index contributed by atoms with van der Waals surface area (Å²) in [5.41, 5.74) is 44.5. The first-order chi connectivity index (χ1) is 71.1. The molecule has 35 heteroatoms. The maximum atomic E-state index is 12.2. The minimum atomic E-state index is -1.02. The highest BCUT2D eigenvalue weighted by Crippen LogP contribution is 2.41. The number of halogens is 12. The second kappa shape index (κ2) is 51.0. The number of anilines is 6. The fourth-order valence-electron chi connectivity index (χ4n) is 16.7. The van der Waals surface area contributed by atoms with Gasteiger partial charge < -0.3 is 71.4 Å². The van der Waals surface area contributed by atoms with Gasteiger partial charge in [0.1, 0.15) is 29.1 Å². The van der Waals surface area contributed by atoms with Crippen molar-refractivity contribution in [3.8, 4) is 56.9 Å². The highest BCUT2D eigenvalue weighted by Gasteiger charge is 2.29. The Balaban J connectivity index is 0.000000137. The van der Waals surface area contributed by atoms with Crippen molar-refractivity contribution >= 4 is 274 Å². The molecule has 7 heterocycles. The van der Waals surface area contributed by atoms with Crippen molar-refractivity contribution < 1.29 is 34.1 Å². The molecule has 14 aromatic carbocycles. The van der Waals surface area contributed by atoms with Gasteiger partial charge in [0.15, 0.2) is 0 Å². The second-order valence-electron chi connectivity index (χ2n) is 35.8. The number of hydrogen-bond donors (Lipinski definition) is 9. The van der Waals surface area contributed by atoms with Gasteiger partial charge in [-0.05, 0) is 332 Å². The molecule has 0 saturated carbocycles. The van der Waals surface area contributed by atoms with Gasteiger partial charge in [-0.2, -0.15) is 0 Å². The lowest BCUT2D eigenvalue weighted by atomic mass is 9.96. The maximum Gasteiger partial charge on any atom is 0.337 e. The zero-order valence-electron chi connectivity index (χ0n) is 82.5. The Hall–Kier alpha value is -12.3. The number of aromatic carboxylic acids is 1. The molecule has 2 aliphatic rings. The van der Waals surface area contributed by atoms with Crippen LogP contribution in [0.2, 0.25) is 35.2 Å². The van der Waals surface area contributed by atoms with Gasteiger partial charge in [0.2, 0.25) is 0 Å². The monoisotopic (exact) mass is 2450 g/mol. The number of carboxylic acids is 2. The lowest BCUT2D eigenvalue weighted by molar-refractivity contribution is -0.148. The number of rotatable bonds is 13. The third kappa shape index (κ3) is 29.1. The highest BCUT2D eigenvalue weighted by molar-refractivity contribution is 9.11. The van der Waals surface area contributed by atoms with Gasteiger partial charge in [0.05, 0.1) is 143 Å². The first-order valence-electron chi connectivity index (χ1n) is 47.1. The molecule has 12 N–H and O–H groups in total. The summed E-state index contributed by atoms with van der Waals surface area (Å²) in [4.78, 5) is 83.7. The number of nitrogen functional groups attached to an aromatic ring is 3. The van der Waals surface area contributed by atoms with Gasteiger partial charge in [-0.15, -0.1) is 0 Å². The second-order valence-corrected chi connectivity index (χ2v) is 43.3. The van der Waals surface area contributed by atoms with E-state index in [1.807, 2.05) is 181 Å². The summed E-state index contributed by atoms with van der Waals surface area (Å²) in [7, 11) is 4.02. The van der Waals surface area contributed by atoms with E-state index in [0.717, 1.165) is 192 Å². The smallest absolute Gasteiger partial charge is 0.337 e. The SMILES string of the molecule is CCOC(=O)C1CCN(c2ccc(Cl)c(-c3nc4ccc(C)cc4[nH]3)c2)CC1.Cc1ccc(N)c(N)c1.Cc1ccc(N)c(NC(=O)c2cc(Br)ccc2Cl)c1.Cc1ccc2c(c1)nc(-c1cc(Br)ccc1Cl)n2C.Cc1ccc2c(c1)nc(-c1cc(Br)ccc1Cl)n2C.Cc1ccc2nc(-c3cc(Br)ccc3Cl)[nH]c2c1.Cc1ccc2nc(-c3cc(N4CCC(C(=O)O)CC4)ccc3Cl)[nH]c2c1.O=C(O)c1cc(Br)ccc1Cl. The summed E-state index contributed by atoms with van der Waals surface area (Å²) in [5, 5.41) is 24.6. The average molecular weight is 2460 g/mol. The van der Waals surface area contributed by atoms with Gasteiger partial charge in [-0.1, -0.05) is 203 Å². The van der Waals surface area contributed by atoms with E-state index in [-0.39, 0.29) is 34.3 Å². The van der Waals surface area contributed by atoms with E-state index in [1.165, 1.54) is 39.9 Å². The van der Waals surface area contributed by atoms with Crippen LogP contribution in [0.4, 0.5) is 34.1 Å². The van der Waals surface area contributed by atoms with Gasteiger partial charge >= 0.3 is 17.9 Å². The standard InChI is InChI=1S/C22H24ClN3O2.C20H20ClN3O2.2C15H12BrClN2.C14H12BrClN2O.C14H10BrClN2.C7H4BrClO2.C7H10N2/c1-3-28-22(27)15-8-10-26(11-9-15)16-5-6-18(23)17(13-16)21-24-19-7-4-14(2)12-20(19)25-21;1-12-2-5-17-18(10-12)23-19(22-17)15-11-14(3-4-16(15)21)24-8-6-13(7-9-24)20(25)26;2*1-9-3-6-14-13(7-9)18-15(19(14)2)11-8-10(16)4-5-12(11)17;1-8-2-5-12(17)13(6-8)18-14(19)10-7-9(15)3-4-11(10)16;1-8-2-5-12-13(6-8)18-14(17-12)10-7-9(15)3-4-11(10)16;8-4-1-2-6(9)5(3-4)7(10)11;1-5-2-3-6(8)7(9)4-5/h4-7,12-13,15H,3,8-11H2,1-2H3,(H,24,25);2-5,10-11,13H,6-9H2,1H3,(H,22,23)(H,25,26);2*3-8H,1-2H3;2-7H,17H2,1H3,(H,18,19);2-7H,1H3,(H,17,18);1-3H,(H,10,11);2-4H,8-9H2,1H3. The molecule has 0 aliphatic carbocycles. The predicted octanol–water partition coefficient (Wildman–Crippen LogP) is 32.6. The number of carboxylic acid groups (broad SMARTS) is 2. The zero-order valence-corrected chi connectivity index (χ0v) is 95.7. The number of carbonyl (C=O) groups is 4. The maximum absolute atomic E-state index is 12.2. The van der Waals surface area contributed by atoms with E-state index < -0.39 is 11.9 Å². The molecular formula is C114H104Br5Cl7N16O7. The summed E-state index contributed by atoms with van der Waals surface area (Å²) in [6.45, 7) is 19.6. The Kier molecular flexibility index (Phi) is 38.5. The number of imidazole rings is 5. The Bertz CT molecular complexity index is 8050. The molecule has 766 valence electrons. The normalized spacial score (nSPS) is 12.3. The van der Waals surface area contributed by atoms with E-state index >= 15 is 0 Å². The van der Waals surface area contributed by atoms with Crippen LogP contribution in [0.5, 0.6) is 0 Å². The molecule has 23 nitrogen and oxygen atoms in total. The van der Waals surface area contributed by atoms with E-state index in [9.17, 15) is 19.2 Å². The first kappa shape index (κ1) is 112. The molecule has 149 heavy (non-hydrogen) atoms. The number of aromatic nitrogens is 10. The number of hydrogen-bond acceptors (Lipinski definition) is 15. The van der Waals surface area contributed by atoms with Crippen molar-refractivity contribution in [2.45, 2.75) is 81.1 Å². The summed E-state index contributed by atoms with van der Waals surface area (Å²) in [5.74, 6) is 1.76. The fraction of sp³-hybridized carbons (Fsp3) is 0.184. The summed E-state index contributed by atoms with van der Waals surface area (Å²) >= 11 is 60.2. The van der Waals surface area contributed by atoms with Crippen molar-refractivity contribution in [1.82, 2.24) is 49.0 Å². The van der Waals surface area contributed by atoms with E-state index in [4.69, 9.17) is 128 Å². The lowest BCUT2D eigenvalue weighted by Crippen LogP contribution is -2.37. The van der Waals surface area contributed by atoms with Gasteiger partial charge in [0, 0.05) is 102 Å². The number of esters is 1. The van der Waals surface area contributed by atoms with Crippen molar-refractivity contribution in [1.29, 1.82) is 0 Å². The number of nitrogens with two attached hydrogens (primary N) is 3. The van der Waals surface area contributed by atoms with Gasteiger partial charge in [-0.25, -0.2) is 29.7 Å². The van der Waals surface area contributed by atoms with Crippen LogP contribution in [0.25, 0.3) is 112 Å². The molecule has 2 saturated heterocycles. The number of aliphatic carboxylic acids is 1. The van der Waals surface area contributed by atoms with E-state index in [0.29, 0.717) is 82.4 Å². The predicted molar refractivity (Wildman–Crippen MR) is 632 cm³/mol. The Morgan fingerprint density at radius 1 is 0.362 bits per heavy atom. The van der Waals surface area contributed by atoms with E-state index in [2.05, 4.69) is 229 Å². The molecule has 0 unspecified atom stereocenters. The lowest BCUT2D eigenvalue weighted by Gasteiger charge is -2.32. The van der Waals surface area contributed by atoms with Crippen LogP contribution in [-0.2, 0) is 28.4 Å². The number of fused-ring (bicyclic) bond motifs is 5. The molecule has 2 aliphatic heterocycles. The number of amides is 1. The summed E-state index contributed by atoms with van der Waals surface area (Å²) in [6.07, 6.45) is 2.94. The number of piperidine rings is 2. The largest absolute Gasteiger partial charge is 0.481 e. The first-order valence-corrected chi connectivity index (χ1v) is 53.7. The molecular weight excluding hydrogens is 2350 g/mol. The van der Waals surface area contributed by atoms with Gasteiger partial charge in [-0.3, -0.25) is 14.4 Å². The van der Waals surface area contributed by atoms with Crippen LogP contribution in [0.15, 0.2) is 277 Å². The molecule has 0 spiro atoms. The number of ether oxygens (including phenoxy) is 1. The van der Waals surface area contributed by atoms with E-state index in [1.54, 1.807) is 30.3 Å². The Morgan fingerprint density at radius 2 is 0.691 bits per heavy atom. The minimum absolute atomic E-state index is 0.00147. The van der Waals surface area contributed by atoms with Crippen LogP contribution in [-0.4, -0.2) is 116 Å². The third-order valence-corrected chi connectivity index (χ3v) is 29.4. The molecule has 0 bridgehead atoms. The topological polar surface area (TPSA) is 336 Å². The number of carbonyl (C=O) groups excluding carboxylic acids is 2. The average Bonchev–Trinajstić information content (AvgIpc) is 1.64.